The molecule has 0 amide bonds. The summed E-state index contributed by atoms with van der Waals surface area (Å²) in [5, 5.41) is 4.13. The van der Waals surface area contributed by atoms with Crippen LogP contribution in [0.2, 0.25) is 0 Å². The average Bonchev–Trinajstić information content (AvgIpc) is 2.63. The van der Waals surface area contributed by atoms with Crippen LogP contribution in [0.15, 0.2) is 17.3 Å². The quantitative estimate of drug-likeness (QED) is 0.646. The van der Waals surface area contributed by atoms with Crippen LogP contribution in [-0.4, -0.2) is 18.9 Å². The predicted octanol–water partition coefficient (Wildman–Crippen LogP) is 2.05. The maximum absolute atomic E-state index is 5.74. The number of fused-ring (bicyclic) bond motifs is 3. The maximum Gasteiger partial charge on any atom is 0.129 e. The molecular formula is C12H13NO2. The third-order valence-electron chi connectivity index (χ3n) is 2.97. The summed E-state index contributed by atoms with van der Waals surface area (Å²) in [6, 6.07) is 4.23. The normalized spacial score (nSPS) is 22.3. The Labute approximate surface area is 88.7 Å². The van der Waals surface area contributed by atoms with Gasteiger partial charge in [-0.3, -0.25) is 0 Å². The van der Waals surface area contributed by atoms with Gasteiger partial charge in [0.1, 0.15) is 24.7 Å². The molecular weight excluding hydrogens is 190 g/mol. The lowest BCUT2D eigenvalue weighted by Crippen LogP contribution is -2.28. The molecule has 0 saturated carbocycles. The molecule has 2 heterocycles. The molecule has 0 radical (unpaired) electrons. The Morgan fingerprint density at radius 2 is 2.13 bits per heavy atom. The van der Waals surface area contributed by atoms with Gasteiger partial charge < -0.3 is 9.57 Å². The summed E-state index contributed by atoms with van der Waals surface area (Å²) in [5.74, 6) is 1.27. The lowest BCUT2D eigenvalue weighted by Gasteiger charge is -2.23. The molecule has 1 atom stereocenters. The largest absolute Gasteiger partial charge is 0.492 e. The van der Waals surface area contributed by atoms with Gasteiger partial charge in [0.15, 0.2) is 0 Å². The SMILES string of the molecule is Cc1cc(C)c2c(c1)OCC1CON=C21. The van der Waals surface area contributed by atoms with E-state index in [1.165, 1.54) is 11.1 Å². The first-order valence-corrected chi connectivity index (χ1v) is 5.20. The van der Waals surface area contributed by atoms with Crippen molar-refractivity contribution in [1.82, 2.24) is 0 Å². The van der Waals surface area contributed by atoms with Gasteiger partial charge in [-0.15, -0.1) is 0 Å². The second kappa shape index (κ2) is 2.99. The van der Waals surface area contributed by atoms with Crippen LogP contribution in [0.25, 0.3) is 0 Å². The first kappa shape index (κ1) is 8.77. The van der Waals surface area contributed by atoms with E-state index in [1.54, 1.807) is 0 Å². The summed E-state index contributed by atoms with van der Waals surface area (Å²) in [6.07, 6.45) is 0. The van der Waals surface area contributed by atoms with Crippen LogP contribution in [0.5, 0.6) is 5.75 Å². The molecule has 2 aliphatic heterocycles. The highest BCUT2D eigenvalue weighted by Crippen LogP contribution is 2.33. The zero-order valence-corrected chi connectivity index (χ0v) is 8.91. The number of aryl methyl sites for hydroxylation is 2. The molecule has 3 nitrogen and oxygen atoms in total. The molecule has 1 aromatic rings. The lowest BCUT2D eigenvalue weighted by molar-refractivity contribution is 0.137. The highest BCUT2D eigenvalue weighted by atomic mass is 16.6. The van der Waals surface area contributed by atoms with Gasteiger partial charge in [0, 0.05) is 5.56 Å². The van der Waals surface area contributed by atoms with Crippen molar-refractivity contribution in [3.63, 3.8) is 0 Å². The molecule has 78 valence electrons. The van der Waals surface area contributed by atoms with Crippen molar-refractivity contribution in [3.8, 4) is 5.75 Å². The van der Waals surface area contributed by atoms with Gasteiger partial charge in [-0.25, -0.2) is 0 Å². The smallest absolute Gasteiger partial charge is 0.129 e. The van der Waals surface area contributed by atoms with E-state index >= 15 is 0 Å². The van der Waals surface area contributed by atoms with E-state index < -0.39 is 0 Å². The molecule has 2 aliphatic rings. The number of hydrogen-bond donors (Lipinski definition) is 0. The van der Waals surface area contributed by atoms with Gasteiger partial charge >= 0.3 is 0 Å². The molecule has 1 aromatic carbocycles. The van der Waals surface area contributed by atoms with Crippen LogP contribution in [0.1, 0.15) is 16.7 Å². The highest BCUT2D eigenvalue weighted by molar-refractivity contribution is 6.07. The molecule has 0 saturated heterocycles. The molecule has 1 unspecified atom stereocenters. The van der Waals surface area contributed by atoms with E-state index in [1.807, 2.05) is 0 Å². The summed E-state index contributed by atoms with van der Waals surface area (Å²) >= 11 is 0. The zero-order valence-electron chi connectivity index (χ0n) is 8.91. The fraction of sp³-hybridized carbons (Fsp3) is 0.417. The minimum Gasteiger partial charge on any atom is -0.492 e. The van der Waals surface area contributed by atoms with Crippen LogP contribution in [-0.2, 0) is 4.84 Å². The monoisotopic (exact) mass is 203 g/mol. The summed E-state index contributed by atoms with van der Waals surface area (Å²) in [4.78, 5) is 5.14. The third-order valence-corrected chi connectivity index (χ3v) is 2.97. The summed E-state index contributed by atoms with van der Waals surface area (Å²) in [7, 11) is 0. The molecule has 15 heavy (non-hydrogen) atoms. The van der Waals surface area contributed by atoms with Crippen molar-refractivity contribution in [3.05, 3.63) is 28.8 Å². The van der Waals surface area contributed by atoms with E-state index in [9.17, 15) is 0 Å². The molecule has 0 N–H and O–H groups in total. The van der Waals surface area contributed by atoms with E-state index in [4.69, 9.17) is 9.57 Å². The fourth-order valence-electron chi connectivity index (χ4n) is 2.29. The second-order valence-electron chi connectivity index (χ2n) is 4.24. The Morgan fingerprint density at radius 1 is 1.27 bits per heavy atom. The Balaban J connectivity index is 2.21. The number of hydrogen-bond acceptors (Lipinski definition) is 3. The van der Waals surface area contributed by atoms with Crippen molar-refractivity contribution in [2.24, 2.45) is 11.1 Å². The first-order chi connectivity index (χ1) is 7.25. The van der Waals surface area contributed by atoms with Gasteiger partial charge in [0.05, 0.1) is 5.92 Å². The zero-order chi connectivity index (χ0) is 10.4. The van der Waals surface area contributed by atoms with Crippen molar-refractivity contribution < 1.29 is 9.57 Å². The van der Waals surface area contributed by atoms with Crippen LogP contribution < -0.4 is 4.74 Å². The maximum atomic E-state index is 5.74. The van der Waals surface area contributed by atoms with Gasteiger partial charge in [-0.1, -0.05) is 11.2 Å². The summed E-state index contributed by atoms with van der Waals surface area (Å²) in [6.45, 7) is 5.52. The molecule has 3 rings (SSSR count). The van der Waals surface area contributed by atoms with E-state index in [2.05, 4.69) is 31.1 Å². The Morgan fingerprint density at radius 3 is 3.00 bits per heavy atom. The molecule has 0 spiro atoms. The number of ether oxygens (including phenoxy) is 1. The summed E-state index contributed by atoms with van der Waals surface area (Å²) in [5.41, 5.74) is 4.64. The molecule has 0 fully saturated rings. The van der Waals surface area contributed by atoms with Gasteiger partial charge in [0.2, 0.25) is 0 Å². The fourth-order valence-corrected chi connectivity index (χ4v) is 2.29. The average molecular weight is 203 g/mol. The Hall–Kier alpha value is -1.51. The van der Waals surface area contributed by atoms with Crippen LogP contribution >= 0.6 is 0 Å². The summed E-state index contributed by atoms with van der Waals surface area (Å²) < 4.78 is 5.74. The lowest BCUT2D eigenvalue weighted by atomic mass is 9.91. The van der Waals surface area contributed by atoms with Crippen molar-refractivity contribution >= 4 is 5.71 Å². The topological polar surface area (TPSA) is 30.8 Å². The van der Waals surface area contributed by atoms with E-state index in [0.29, 0.717) is 19.1 Å². The van der Waals surface area contributed by atoms with Gasteiger partial charge in [-0.05, 0) is 31.0 Å². The molecule has 0 bridgehead atoms. The van der Waals surface area contributed by atoms with Crippen molar-refractivity contribution in [1.29, 1.82) is 0 Å². The first-order valence-electron chi connectivity index (χ1n) is 5.20. The number of oxime groups is 1. The number of benzene rings is 1. The minimum absolute atomic E-state index is 0.318. The Bertz CT molecular complexity index is 451. The molecule has 0 aliphatic carbocycles. The predicted molar refractivity (Wildman–Crippen MR) is 57.4 cm³/mol. The highest BCUT2D eigenvalue weighted by Gasteiger charge is 2.33. The minimum atomic E-state index is 0.318. The molecule has 3 heteroatoms. The Kier molecular flexibility index (Phi) is 1.75. The van der Waals surface area contributed by atoms with Crippen LogP contribution in [0.3, 0.4) is 0 Å². The van der Waals surface area contributed by atoms with E-state index in [-0.39, 0.29) is 0 Å². The van der Waals surface area contributed by atoms with Crippen LogP contribution in [0.4, 0.5) is 0 Å². The molecule has 0 aromatic heterocycles. The third kappa shape index (κ3) is 1.23. The number of rotatable bonds is 0. The van der Waals surface area contributed by atoms with Gasteiger partial charge in [0.25, 0.3) is 0 Å². The standard InChI is InChI=1S/C12H13NO2/c1-7-3-8(2)11-10(4-7)14-5-9-6-15-13-12(9)11/h3-4,9H,5-6H2,1-2H3. The number of nitrogens with zero attached hydrogens (tertiary/aromatic N) is 1. The second-order valence-corrected chi connectivity index (χ2v) is 4.24. The van der Waals surface area contributed by atoms with Crippen LogP contribution in [0, 0.1) is 19.8 Å². The van der Waals surface area contributed by atoms with Crippen molar-refractivity contribution in [2.45, 2.75) is 13.8 Å². The van der Waals surface area contributed by atoms with Gasteiger partial charge in [-0.2, -0.15) is 0 Å². The van der Waals surface area contributed by atoms with E-state index in [0.717, 1.165) is 17.0 Å². The van der Waals surface area contributed by atoms with Crippen molar-refractivity contribution in [2.75, 3.05) is 13.2 Å².